The predicted octanol–water partition coefficient (Wildman–Crippen LogP) is 5.67. The van der Waals surface area contributed by atoms with Crippen LogP contribution in [-0.4, -0.2) is 16.6 Å². The van der Waals surface area contributed by atoms with Gasteiger partial charge in [-0.25, -0.2) is 4.98 Å². The molecule has 0 amide bonds. The second kappa shape index (κ2) is 8.05. The first-order valence-electron chi connectivity index (χ1n) is 7.69. The van der Waals surface area contributed by atoms with E-state index in [9.17, 15) is 0 Å². The third kappa shape index (κ3) is 4.75. The summed E-state index contributed by atoms with van der Waals surface area (Å²) in [6, 6.07) is 14.6. The maximum Gasteiger partial charge on any atom is 0.229 e. The summed E-state index contributed by atoms with van der Waals surface area (Å²) in [6.45, 7) is 2.59. The zero-order valence-corrected chi connectivity index (χ0v) is 15.0. The van der Waals surface area contributed by atoms with Crippen LogP contribution in [0, 0.1) is 0 Å². The van der Waals surface area contributed by atoms with Gasteiger partial charge in [-0.1, -0.05) is 23.2 Å². The second-order valence-corrected chi connectivity index (χ2v) is 5.94. The van der Waals surface area contributed by atoms with E-state index in [0.29, 0.717) is 28.4 Å². The molecule has 0 atom stereocenters. The number of hydrogen-bond donors (Lipinski definition) is 2. The van der Waals surface area contributed by atoms with E-state index >= 15 is 0 Å². The Kier molecular flexibility index (Phi) is 5.58. The highest BCUT2D eigenvalue weighted by molar-refractivity contribution is 6.36. The Morgan fingerprint density at radius 2 is 1.80 bits per heavy atom. The number of halogens is 2. The molecule has 25 heavy (non-hydrogen) atoms. The standard InChI is InChI=1S/C18H16Cl2N4O/c1-2-25-14-6-4-13(5-7-14)22-18-21-10-9-17(24-18)23-16-8-3-12(19)11-15(16)20/h3-11H,2H2,1H3,(H2,21,22,23,24). The summed E-state index contributed by atoms with van der Waals surface area (Å²) in [7, 11) is 0. The lowest BCUT2D eigenvalue weighted by Crippen LogP contribution is -2.00. The van der Waals surface area contributed by atoms with Gasteiger partial charge < -0.3 is 15.4 Å². The molecule has 2 aromatic carbocycles. The zero-order valence-electron chi connectivity index (χ0n) is 13.5. The van der Waals surface area contributed by atoms with Crippen LogP contribution in [0.15, 0.2) is 54.7 Å². The molecule has 0 saturated heterocycles. The largest absolute Gasteiger partial charge is 0.494 e. The summed E-state index contributed by atoms with van der Waals surface area (Å²) in [5.74, 6) is 1.91. The van der Waals surface area contributed by atoms with Crippen molar-refractivity contribution in [3.63, 3.8) is 0 Å². The lowest BCUT2D eigenvalue weighted by Gasteiger charge is -2.10. The van der Waals surface area contributed by atoms with Crippen molar-refractivity contribution >= 4 is 46.3 Å². The fourth-order valence-corrected chi connectivity index (χ4v) is 2.60. The molecule has 0 saturated carbocycles. The van der Waals surface area contributed by atoms with Gasteiger partial charge in [0.15, 0.2) is 0 Å². The van der Waals surface area contributed by atoms with Crippen LogP contribution >= 0.6 is 23.2 Å². The normalized spacial score (nSPS) is 10.4. The van der Waals surface area contributed by atoms with Crippen molar-refractivity contribution in [3.8, 4) is 5.75 Å². The number of ether oxygens (including phenoxy) is 1. The molecule has 0 spiro atoms. The monoisotopic (exact) mass is 374 g/mol. The number of hydrogen-bond acceptors (Lipinski definition) is 5. The highest BCUT2D eigenvalue weighted by atomic mass is 35.5. The molecule has 0 unspecified atom stereocenters. The van der Waals surface area contributed by atoms with Crippen molar-refractivity contribution in [2.45, 2.75) is 6.92 Å². The third-order valence-electron chi connectivity index (χ3n) is 3.27. The molecule has 0 radical (unpaired) electrons. The number of benzene rings is 2. The summed E-state index contributed by atoms with van der Waals surface area (Å²) in [4.78, 5) is 8.65. The van der Waals surface area contributed by atoms with E-state index in [4.69, 9.17) is 27.9 Å². The van der Waals surface area contributed by atoms with Gasteiger partial charge in [-0.3, -0.25) is 0 Å². The maximum absolute atomic E-state index is 6.17. The van der Waals surface area contributed by atoms with Gasteiger partial charge in [-0.2, -0.15) is 4.98 Å². The summed E-state index contributed by atoms with van der Waals surface area (Å²) >= 11 is 12.1. The molecule has 0 aliphatic carbocycles. The van der Waals surface area contributed by atoms with Crippen molar-refractivity contribution in [2.24, 2.45) is 0 Å². The minimum absolute atomic E-state index is 0.472. The van der Waals surface area contributed by atoms with Crippen LogP contribution in [0.3, 0.4) is 0 Å². The second-order valence-electron chi connectivity index (χ2n) is 5.10. The summed E-state index contributed by atoms with van der Waals surface area (Å²) < 4.78 is 5.43. The Balaban J connectivity index is 1.72. The van der Waals surface area contributed by atoms with Gasteiger partial charge in [0.05, 0.1) is 17.3 Å². The van der Waals surface area contributed by atoms with E-state index in [-0.39, 0.29) is 0 Å². The number of rotatable bonds is 6. The molecule has 1 aromatic heterocycles. The van der Waals surface area contributed by atoms with Crippen LogP contribution in [0.5, 0.6) is 5.75 Å². The van der Waals surface area contributed by atoms with E-state index in [1.807, 2.05) is 31.2 Å². The van der Waals surface area contributed by atoms with Gasteiger partial charge in [-0.05, 0) is 55.5 Å². The van der Waals surface area contributed by atoms with Gasteiger partial charge in [0.2, 0.25) is 5.95 Å². The Hall–Kier alpha value is -2.50. The first kappa shape index (κ1) is 17.3. The van der Waals surface area contributed by atoms with Crippen LogP contribution in [0.25, 0.3) is 0 Å². The SMILES string of the molecule is CCOc1ccc(Nc2nccc(Nc3ccc(Cl)cc3Cl)n2)cc1. The molecule has 1 heterocycles. The van der Waals surface area contributed by atoms with E-state index in [1.54, 1.807) is 30.5 Å². The predicted molar refractivity (Wildman–Crippen MR) is 103 cm³/mol. The fourth-order valence-electron chi connectivity index (χ4n) is 2.15. The van der Waals surface area contributed by atoms with Crippen molar-refractivity contribution in [2.75, 3.05) is 17.2 Å². The first-order chi connectivity index (χ1) is 12.1. The van der Waals surface area contributed by atoms with Crippen LogP contribution in [0.2, 0.25) is 10.0 Å². The van der Waals surface area contributed by atoms with Gasteiger partial charge in [0.1, 0.15) is 11.6 Å². The molecule has 128 valence electrons. The number of aromatic nitrogens is 2. The van der Waals surface area contributed by atoms with Crippen molar-refractivity contribution in [1.29, 1.82) is 0 Å². The van der Waals surface area contributed by atoms with E-state index in [0.717, 1.165) is 17.1 Å². The molecule has 0 aliphatic rings. The Morgan fingerprint density at radius 1 is 1.00 bits per heavy atom. The van der Waals surface area contributed by atoms with Gasteiger partial charge in [0.25, 0.3) is 0 Å². The average Bonchev–Trinajstić information content (AvgIpc) is 2.60. The zero-order chi connectivity index (χ0) is 17.6. The fraction of sp³-hybridized carbons (Fsp3) is 0.111. The van der Waals surface area contributed by atoms with Crippen molar-refractivity contribution in [1.82, 2.24) is 9.97 Å². The summed E-state index contributed by atoms with van der Waals surface area (Å²) in [6.07, 6.45) is 1.66. The van der Waals surface area contributed by atoms with Crippen LogP contribution in [0.1, 0.15) is 6.92 Å². The number of nitrogens with one attached hydrogen (secondary N) is 2. The molecule has 2 N–H and O–H groups in total. The quantitative estimate of drug-likeness (QED) is 0.581. The van der Waals surface area contributed by atoms with Crippen LogP contribution in [-0.2, 0) is 0 Å². The van der Waals surface area contributed by atoms with Crippen molar-refractivity contribution in [3.05, 3.63) is 64.8 Å². The minimum atomic E-state index is 0.472. The highest BCUT2D eigenvalue weighted by Gasteiger charge is 2.05. The Bertz CT molecular complexity index is 856. The van der Waals surface area contributed by atoms with E-state index < -0.39 is 0 Å². The van der Waals surface area contributed by atoms with E-state index in [2.05, 4.69) is 20.6 Å². The summed E-state index contributed by atoms with van der Waals surface area (Å²) in [5.41, 5.74) is 1.59. The molecule has 0 aliphatic heterocycles. The molecule has 7 heteroatoms. The van der Waals surface area contributed by atoms with Crippen LogP contribution in [0.4, 0.5) is 23.1 Å². The van der Waals surface area contributed by atoms with Crippen molar-refractivity contribution < 1.29 is 4.74 Å². The Labute approximate surface area is 156 Å². The van der Waals surface area contributed by atoms with E-state index in [1.165, 1.54) is 0 Å². The third-order valence-corrected chi connectivity index (χ3v) is 3.82. The van der Waals surface area contributed by atoms with Crippen LogP contribution < -0.4 is 15.4 Å². The lowest BCUT2D eigenvalue weighted by molar-refractivity contribution is 0.340. The maximum atomic E-state index is 6.17. The number of anilines is 4. The molecular weight excluding hydrogens is 359 g/mol. The molecule has 5 nitrogen and oxygen atoms in total. The lowest BCUT2D eigenvalue weighted by atomic mass is 10.3. The molecular formula is C18H16Cl2N4O. The Morgan fingerprint density at radius 3 is 2.52 bits per heavy atom. The number of nitrogens with zero attached hydrogens (tertiary/aromatic N) is 2. The first-order valence-corrected chi connectivity index (χ1v) is 8.44. The molecule has 0 fully saturated rings. The van der Waals surface area contributed by atoms with Gasteiger partial charge in [0, 0.05) is 16.9 Å². The minimum Gasteiger partial charge on any atom is -0.494 e. The van der Waals surface area contributed by atoms with Gasteiger partial charge in [-0.15, -0.1) is 0 Å². The molecule has 0 bridgehead atoms. The average molecular weight is 375 g/mol. The molecule has 3 aromatic rings. The highest BCUT2D eigenvalue weighted by Crippen LogP contribution is 2.28. The topological polar surface area (TPSA) is 59.1 Å². The summed E-state index contributed by atoms with van der Waals surface area (Å²) in [5, 5.41) is 7.40. The van der Waals surface area contributed by atoms with Gasteiger partial charge >= 0.3 is 0 Å². The molecule has 3 rings (SSSR count). The smallest absolute Gasteiger partial charge is 0.229 e.